The first-order valence-electron chi connectivity index (χ1n) is 8.46. The predicted octanol–water partition coefficient (Wildman–Crippen LogP) is 2.13. The average Bonchev–Trinajstić information content (AvgIpc) is 2.67. The van der Waals surface area contributed by atoms with Gasteiger partial charge < -0.3 is 14.8 Å². The number of ether oxygens (including phenoxy) is 2. The van der Waals surface area contributed by atoms with Crippen LogP contribution in [0.15, 0.2) is 53.4 Å². The van der Waals surface area contributed by atoms with E-state index in [1.54, 1.807) is 31.2 Å². The van der Waals surface area contributed by atoms with Gasteiger partial charge in [0.05, 0.1) is 17.1 Å². The van der Waals surface area contributed by atoms with Crippen LogP contribution in [0, 0.1) is 0 Å². The van der Waals surface area contributed by atoms with Crippen molar-refractivity contribution in [2.45, 2.75) is 11.8 Å². The summed E-state index contributed by atoms with van der Waals surface area (Å²) in [6.07, 6.45) is 0. The molecule has 0 aliphatic heterocycles. The zero-order valence-electron chi connectivity index (χ0n) is 15.8. The van der Waals surface area contributed by atoms with Crippen molar-refractivity contribution in [3.8, 4) is 5.75 Å². The van der Waals surface area contributed by atoms with E-state index in [1.165, 1.54) is 38.4 Å². The summed E-state index contributed by atoms with van der Waals surface area (Å²) in [5.74, 6) is -0.456. The Morgan fingerprint density at radius 1 is 1.00 bits per heavy atom. The molecular weight excluding hydrogens is 384 g/mol. The number of esters is 1. The maximum Gasteiger partial charge on any atom is 0.338 e. The molecule has 0 spiro atoms. The van der Waals surface area contributed by atoms with E-state index in [0.29, 0.717) is 17.0 Å². The highest BCUT2D eigenvalue weighted by atomic mass is 32.2. The molecule has 2 rings (SSSR count). The molecule has 2 aromatic carbocycles. The van der Waals surface area contributed by atoms with E-state index < -0.39 is 21.9 Å². The summed E-state index contributed by atoms with van der Waals surface area (Å²) in [7, 11) is -0.618. The Kier molecular flexibility index (Phi) is 7.13. The van der Waals surface area contributed by atoms with Crippen LogP contribution in [-0.4, -0.2) is 51.9 Å². The molecule has 8 nitrogen and oxygen atoms in total. The van der Waals surface area contributed by atoms with Crippen LogP contribution < -0.4 is 10.1 Å². The van der Waals surface area contributed by atoms with Gasteiger partial charge in [0.1, 0.15) is 5.75 Å². The Morgan fingerprint density at radius 2 is 1.61 bits per heavy atom. The predicted molar refractivity (Wildman–Crippen MR) is 104 cm³/mol. The standard InChI is InChI=1S/C19H22N2O6S/c1-4-26-19(23)14-5-7-15(8-6-14)20-18(22)13-27-16-9-11-17(12-10-16)28(24,25)21(2)3/h5-12H,4,13H2,1-3H3,(H,20,22). The Hall–Kier alpha value is -2.91. The zero-order chi connectivity index (χ0) is 20.7. The third kappa shape index (κ3) is 5.54. The van der Waals surface area contributed by atoms with E-state index in [9.17, 15) is 18.0 Å². The number of hydrogen-bond acceptors (Lipinski definition) is 6. The number of benzene rings is 2. The third-order valence-corrected chi connectivity index (χ3v) is 5.48. The van der Waals surface area contributed by atoms with E-state index in [-0.39, 0.29) is 18.1 Å². The third-order valence-electron chi connectivity index (χ3n) is 3.65. The Balaban J connectivity index is 1.89. The fraction of sp³-hybridized carbons (Fsp3) is 0.263. The molecule has 0 heterocycles. The number of sulfonamides is 1. The lowest BCUT2D eigenvalue weighted by Gasteiger charge is -2.12. The molecule has 0 bridgehead atoms. The van der Waals surface area contributed by atoms with Crippen LogP contribution in [0.25, 0.3) is 0 Å². The maximum absolute atomic E-state index is 12.0. The number of anilines is 1. The average molecular weight is 406 g/mol. The molecule has 1 amide bonds. The van der Waals surface area contributed by atoms with Crippen molar-refractivity contribution in [3.63, 3.8) is 0 Å². The van der Waals surface area contributed by atoms with Gasteiger partial charge >= 0.3 is 5.97 Å². The number of nitrogens with one attached hydrogen (secondary N) is 1. The Bertz CT molecular complexity index is 922. The van der Waals surface area contributed by atoms with Crippen LogP contribution in [0.1, 0.15) is 17.3 Å². The van der Waals surface area contributed by atoms with Crippen molar-refractivity contribution < 1.29 is 27.5 Å². The molecule has 0 aliphatic rings. The number of nitrogens with zero attached hydrogens (tertiary/aromatic N) is 1. The fourth-order valence-corrected chi connectivity index (χ4v) is 3.07. The lowest BCUT2D eigenvalue weighted by Crippen LogP contribution is -2.22. The molecule has 0 saturated carbocycles. The molecule has 0 aliphatic carbocycles. The molecule has 0 radical (unpaired) electrons. The molecule has 2 aromatic rings. The molecule has 150 valence electrons. The molecule has 0 unspecified atom stereocenters. The molecule has 1 N–H and O–H groups in total. The first-order chi connectivity index (χ1) is 13.2. The van der Waals surface area contributed by atoms with Crippen molar-refractivity contribution in [3.05, 3.63) is 54.1 Å². The van der Waals surface area contributed by atoms with Gasteiger partial charge in [-0.3, -0.25) is 4.79 Å². The van der Waals surface area contributed by atoms with Gasteiger partial charge in [-0.05, 0) is 55.5 Å². The van der Waals surface area contributed by atoms with Crippen LogP contribution in [-0.2, 0) is 19.6 Å². The fourth-order valence-electron chi connectivity index (χ4n) is 2.17. The smallest absolute Gasteiger partial charge is 0.338 e. The maximum atomic E-state index is 12.0. The molecule has 0 saturated heterocycles. The number of hydrogen-bond donors (Lipinski definition) is 1. The van der Waals surface area contributed by atoms with Crippen molar-refractivity contribution in [1.82, 2.24) is 4.31 Å². The van der Waals surface area contributed by atoms with Crippen LogP contribution in [0.2, 0.25) is 0 Å². The van der Waals surface area contributed by atoms with Gasteiger partial charge in [-0.15, -0.1) is 0 Å². The number of carbonyl (C=O) groups excluding carboxylic acids is 2. The molecule has 9 heteroatoms. The highest BCUT2D eigenvalue weighted by Crippen LogP contribution is 2.18. The van der Waals surface area contributed by atoms with Crippen LogP contribution >= 0.6 is 0 Å². The largest absolute Gasteiger partial charge is 0.484 e. The van der Waals surface area contributed by atoms with Gasteiger partial charge in [0.2, 0.25) is 10.0 Å². The quantitative estimate of drug-likeness (QED) is 0.674. The Morgan fingerprint density at radius 3 is 2.14 bits per heavy atom. The van der Waals surface area contributed by atoms with E-state index in [2.05, 4.69) is 5.32 Å². The summed E-state index contributed by atoms with van der Waals surface area (Å²) in [5.41, 5.74) is 0.901. The lowest BCUT2D eigenvalue weighted by molar-refractivity contribution is -0.118. The van der Waals surface area contributed by atoms with Gasteiger partial charge in [0.15, 0.2) is 6.61 Å². The van der Waals surface area contributed by atoms with Crippen molar-refractivity contribution in [2.24, 2.45) is 0 Å². The second kappa shape index (κ2) is 9.34. The van der Waals surface area contributed by atoms with Crippen molar-refractivity contribution in [2.75, 3.05) is 32.6 Å². The summed E-state index contributed by atoms with van der Waals surface area (Å²) in [4.78, 5) is 23.7. The van der Waals surface area contributed by atoms with Crippen LogP contribution in [0.4, 0.5) is 5.69 Å². The minimum atomic E-state index is -3.51. The summed E-state index contributed by atoms with van der Waals surface area (Å²) in [6.45, 7) is 1.76. The number of carbonyl (C=O) groups is 2. The van der Waals surface area contributed by atoms with Crippen molar-refractivity contribution >= 4 is 27.6 Å². The second-order valence-electron chi connectivity index (χ2n) is 5.89. The highest BCUT2D eigenvalue weighted by molar-refractivity contribution is 7.89. The second-order valence-corrected chi connectivity index (χ2v) is 8.05. The molecular formula is C19H22N2O6S. The number of rotatable bonds is 8. The van der Waals surface area contributed by atoms with Crippen LogP contribution in [0.5, 0.6) is 5.75 Å². The van der Waals surface area contributed by atoms with Gasteiger partial charge in [-0.2, -0.15) is 0 Å². The van der Waals surface area contributed by atoms with E-state index in [4.69, 9.17) is 9.47 Å². The van der Waals surface area contributed by atoms with Gasteiger partial charge in [-0.25, -0.2) is 17.5 Å². The minimum absolute atomic E-state index is 0.135. The van der Waals surface area contributed by atoms with Crippen LogP contribution in [0.3, 0.4) is 0 Å². The SMILES string of the molecule is CCOC(=O)c1ccc(NC(=O)COc2ccc(S(=O)(=O)N(C)C)cc2)cc1. The van der Waals surface area contributed by atoms with Gasteiger partial charge in [0.25, 0.3) is 5.91 Å². The van der Waals surface area contributed by atoms with E-state index in [1.807, 2.05) is 0 Å². The zero-order valence-corrected chi connectivity index (χ0v) is 16.7. The summed E-state index contributed by atoms with van der Waals surface area (Å²) in [5, 5.41) is 2.64. The monoisotopic (exact) mass is 406 g/mol. The van der Waals surface area contributed by atoms with E-state index in [0.717, 1.165) is 4.31 Å². The molecule has 0 atom stereocenters. The first-order valence-corrected chi connectivity index (χ1v) is 9.90. The molecule has 0 aromatic heterocycles. The Labute approximate surface area is 164 Å². The van der Waals surface area contributed by atoms with Gasteiger partial charge in [-0.1, -0.05) is 0 Å². The summed E-state index contributed by atoms with van der Waals surface area (Å²) < 4.78 is 35.4. The minimum Gasteiger partial charge on any atom is -0.484 e. The summed E-state index contributed by atoms with van der Waals surface area (Å²) in [6, 6.07) is 12.1. The van der Waals surface area contributed by atoms with Crippen molar-refractivity contribution in [1.29, 1.82) is 0 Å². The molecule has 0 fully saturated rings. The topological polar surface area (TPSA) is 102 Å². The normalized spacial score (nSPS) is 11.1. The van der Waals surface area contributed by atoms with Gasteiger partial charge in [0, 0.05) is 19.8 Å². The van der Waals surface area contributed by atoms with E-state index >= 15 is 0 Å². The first kappa shape index (κ1) is 21.4. The highest BCUT2D eigenvalue weighted by Gasteiger charge is 2.16. The number of amides is 1. The molecule has 28 heavy (non-hydrogen) atoms. The summed E-state index contributed by atoms with van der Waals surface area (Å²) >= 11 is 0. The lowest BCUT2D eigenvalue weighted by atomic mass is 10.2.